The van der Waals surface area contributed by atoms with Gasteiger partial charge in [-0.3, -0.25) is 4.79 Å². The zero-order valence-corrected chi connectivity index (χ0v) is 18.5. The molecule has 3 amide bonds. The molecule has 2 heterocycles. The largest absolute Gasteiger partial charge is 0.362 e. The number of benzene rings is 3. The van der Waals surface area contributed by atoms with Crippen LogP contribution in [0.1, 0.15) is 16.8 Å². The Morgan fingerprint density at radius 2 is 1.65 bits per heavy atom. The molecule has 7 heteroatoms. The number of aromatic amines is 1. The summed E-state index contributed by atoms with van der Waals surface area (Å²) in [7, 11) is 0. The maximum absolute atomic E-state index is 12.5. The number of urea groups is 1. The molecule has 7 nitrogen and oxygen atoms in total. The quantitative estimate of drug-likeness (QED) is 0.235. The molecule has 1 aliphatic rings. The highest BCUT2D eigenvalue weighted by Gasteiger charge is 2.24. The lowest BCUT2D eigenvalue weighted by Crippen LogP contribution is -2.19. The molecule has 0 fully saturated rings. The summed E-state index contributed by atoms with van der Waals surface area (Å²) in [6, 6.07) is 24.3. The third-order valence-corrected chi connectivity index (χ3v) is 5.53. The van der Waals surface area contributed by atoms with Gasteiger partial charge in [0.25, 0.3) is 5.91 Å². The lowest BCUT2D eigenvalue weighted by atomic mass is 10.1. The average molecular weight is 450 g/mol. The molecule has 0 aliphatic carbocycles. The Bertz CT molecular complexity index is 1390. The first-order valence-electron chi connectivity index (χ1n) is 10.9. The summed E-state index contributed by atoms with van der Waals surface area (Å²) in [5.74, 6) is -0.131. The zero-order chi connectivity index (χ0) is 23.5. The number of rotatable bonds is 5. The molecule has 34 heavy (non-hydrogen) atoms. The van der Waals surface area contributed by atoms with Crippen molar-refractivity contribution in [2.24, 2.45) is 0 Å². The van der Waals surface area contributed by atoms with Gasteiger partial charge in [-0.2, -0.15) is 0 Å². The number of aryl methyl sites for hydroxylation is 1. The highest BCUT2D eigenvalue weighted by Crippen LogP contribution is 2.36. The number of nitrogens with one attached hydrogen (secondary N) is 5. The van der Waals surface area contributed by atoms with Gasteiger partial charge in [-0.15, -0.1) is 0 Å². The first kappa shape index (κ1) is 21.1. The lowest BCUT2D eigenvalue weighted by molar-refractivity contribution is -0.110. The van der Waals surface area contributed by atoms with Crippen molar-refractivity contribution in [2.75, 3.05) is 21.3 Å². The number of aromatic nitrogens is 1. The Hall–Kier alpha value is -4.78. The molecular weight excluding hydrogens is 426 g/mol. The van der Waals surface area contributed by atoms with Crippen LogP contribution in [0.5, 0.6) is 0 Å². The maximum Gasteiger partial charge on any atom is 0.323 e. The summed E-state index contributed by atoms with van der Waals surface area (Å²) < 4.78 is 0. The van der Waals surface area contributed by atoms with E-state index >= 15 is 0 Å². The lowest BCUT2D eigenvalue weighted by Gasteiger charge is -2.13. The van der Waals surface area contributed by atoms with Crippen molar-refractivity contribution in [1.82, 2.24) is 4.98 Å². The Morgan fingerprint density at radius 1 is 0.853 bits per heavy atom. The highest BCUT2D eigenvalue weighted by molar-refractivity contribution is 6.35. The van der Waals surface area contributed by atoms with Gasteiger partial charge in [0.05, 0.1) is 11.3 Å². The van der Waals surface area contributed by atoms with Gasteiger partial charge in [-0.05, 0) is 67.1 Å². The van der Waals surface area contributed by atoms with Crippen LogP contribution in [0.4, 0.5) is 33.2 Å². The SMILES string of the molecule is Cc1ccc(Nc2ccc3c(c2)NC(=O)C3=Cc2ccc[nH]2)cc1NC(=O)Nc1ccccc1. The molecule has 0 saturated heterocycles. The van der Waals surface area contributed by atoms with Crippen molar-refractivity contribution in [2.45, 2.75) is 6.92 Å². The summed E-state index contributed by atoms with van der Waals surface area (Å²) in [5, 5.41) is 12.0. The van der Waals surface area contributed by atoms with Crippen molar-refractivity contribution < 1.29 is 9.59 Å². The van der Waals surface area contributed by atoms with Crippen LogP contribution in [0, 0.1) is 6.92 Å². The summed E-state index contributed by atoms with van der Waals surface area (Å²) in [6.45, 7) is 1.94. The Morgan fingerprint density at radius 3 is 2.44 bits per heavy atom. The maximum atomic E-state index is 12.5. The van der Waals surface area contributed by atoms with Crippen molar-refractivity contribution in [3.63, 3.8) is 0 Å². The number of hydrogen-bond donors (Lipinski definition) is 5. The van der Waals surface area contributed by atoms with Gasteiger partial charge < -0.3 is 26.3 Å². The number of amides is 3. The third-order valence-electron chi connectivity index (χ3n) is 5.53. The van der Waals surface area contributed by atoms with E-state index < -0.39 is 0 Å². The number of anilines is 5. The van der Waals surface area contributed by atoms with E-state index in [-0.39, 0.29) is 11.9 Å². The molecule has 0 unspecified atom stereocenters. The summed E-state index contributed by atoms with van der Waals surface area (Å²) >= 11 is 0. The number of H-pyrrole nitrogens is 1. The third kappa shape index (κ3) is 4.54. The molecule has 3 aromatic carbocycles. The fourth-order valence-electron chi connectivity index (χ4n) is 3.81. The first-order chi connectivity index (χ1) is 16.5. The standard InChI is InChI=1S/C27H23N5O2/c1-17-9-10-20(15-24(17)32-27(34)30-18-6-3-2-4-7-18)29-21-11-12-22-23(14-19-8-5-13-28-19)26(33)31-25(22)16-21/h2-16,28-29H,1H3,(H,31,33)(H2,30,32,34). The molecule has 168 valence electrons. The highest BCUT2D eigenvalue weighted by atomic mass is 16.2. The number of carbonyl (C=O) groups is 2. The molecule has 1 aliphatic heterocycles. The van der Waals surface area contributed by atoms with Gasteiger partial charge in [0, 0.05) is 40.2 Å². The van der Waals surface area contributed by atoms with Gasteiger partial charge >= 0.3 is 6.03 Å². The smallest absolute Gasteiger partial charge is 0.323 e. The van der Waals surface area contributed by atoms with Crippen molar-refractivity contribution in [3.05, 3.63) is 102 Å². The van der Waals surface area contributed by atoms with E-state index in [1.165, 1.54) is 0 Å². The van der Waals surface area contributed by atoms with Gasteiger partial charge in [0.2, 0.25) is 0 Å². The van der Waals surface area contributed by atoms with Crippen LogP contribution in [0.25, 0.3) is 11.6 Å². The molecular formula is C27H23N5O2. The number of hydrogen-bond acceptors (Lipinski definition) is 3. The van der Waals surface area contributed by atoms with E-state index in [0.717, 1.165) is 39.6 Å². The monoisotopic (exact) mass is 449 g/mol. The predicted molar refractivity (Wildman–Crippen MR) is 137 cm³/mol. The Kier molecular flexibility index (Phi) is 5.58. The molecule has 1 aromatic heterocycles. The van der Waals surface area contributed by atoms with Crippen LogP contribution in [-0.4, -0.2) is 16.9 Å². The van der Waals surface area contributed by atoms with E-state index in [2.05, 4.69) is 26.3 Å². The van der Waals surface area contributed by atoms with Gasteiger partial charge in [-0.1, -0.05) is 30.3 Å². The van der Waals surface area contributed by atoms with E-state index in [1.54, 1.807) is 0 Å². The minimum atomic E-state index is -0.312. The zero-order valence-electron chi connectivity index (χ0n) is 18.5. The normalized spacial score (nSPS) is 13.3. The van der Waals surface area contributed by atoms with Crippen molar-refractivity contribution >= 4 is 52.0 Å². The fourth-order valence-corrected chi connectivity index (χ4v) is 3.81. The minimum absolute atomic E-state index is 0.131. The molecule has 0 saturated carbocycles. The van der Waals surface area contributed by atoms with E-state index in [9.17, 15) is 9.59 Å². The number of fused-ring (bicyclic) bond motifs is 1. The second-order valence-electron chi connectivity index (χ2n) is 8.00. The van der Waals surface area contributed by atoms with E-state index in [0.29, 0.717) is 11.3 Å². The molecule has 5 rings (SSSR count). The van der Waals surface area contributed by atoms with Gasteiger partial charge in [-0.25, -0.2) is 4.79 Å². The first-order valence-corrected chi connectivity index (χ1v) is 10.9. The predicted octanol–water partition coefficient (Wildman–Crippen LogP) is 6.20. The molecule has 0 bridgehead atoms. The van der Waals surface area contributed by atoms with Gasteiger partial charge in [0.15, 0.2) is 0 Å². The van der Waals surface area contributed by atoms with E-state index in [1.807, 2.05) is 98.1 Å². The molecule has 4 aromatic rings. The molecule has 0 spiro atoms. The molecule has 0 atom stereocenters. The number of carbonyl (C=O) groups excluding carboxylic acids is 2. The summed E-state index contributed by atoms with van der Waals surface area (Å²) in [6.07, 6.45) is 3.66. The van der Waals surface area contributed by atoms with Crippen LogP contribution in [0.3, 0.4) is 0 Å². The van der Waals surface area contributed by atoms with E-state index in [4.69, 9.17) is 0 Å². The van der Waals surface area contributed by atoms with Crippen LogP contribution in [0.2, 0.25) is 0 Å². The molecule has 0 radical (unpaired) electrons. The van der Waals surface area contributed by atoms with Crippen molar-refractivity contribution in [1.29, 1.82) is 0 Å². The fraction of sp³-hybridized carbons (Fsp3) is 0.0370. The van der Waals surface area contributed by atoms with Crippen LogP contribution >= 0.6 is 0 Å². The second kappa shape index (κ2) is 8.99. The Labute approximate surface area is 196 Å². The molecule has 5 N–H and O–H groups in total. The van der Waals surface area contributed by atoms with Crippen molar-refractivity contribution in [3.8, 4) is 0 Å². The second-order valence-corrected chi connectivity index (χ2v) is 8.00. The average Bonchev–Trinajstić information content (AvgIpc) is 3.44. The van der Waals surface area contributed by atoms with Gasteiger partial charge in [0.1, 0.15) is 0 Å². The summed E-state index contributed by atoms with van der Waals surface area (Å²) in [5.41, 5.74) is 7.09. The van der Waals surface area contributed by atoms with Crippen LogP contribution in [-0.2, 0) is 4.79 Å². The minimum Gasteiger partial charge on any atom is -0.362 e. The number of para-hydroxylation sites is 1. The Balaban J connectivity index is 1.32. The van der Waals surface area contributed by atoms with Crippen LogP contribution in [0.15, 0.2) is 85.1 Å². The summed E-state index contributed by atoms with van der Waals surface area (Å²) in [4.78, 5) is 28.0. The topological polar surface area (TPSA) is 98.0 Å². The van der Waals surface area contributed by atoms with Crippen LogP contribution < -0.4 is 21.3 Å².